The summed E-state index contributed by atoms with van der Waals surface area (Å²) in [6.45, 7) is 3.63. The Kier molecular flexibility index (Phi) is 6.83. The molecular formula is C24H21ClF3N5O2. The zero-order valence-corrected chi connectivity index (χ0v) is 19.6. The summed E-state index contributed by atoms with van der Waals surface area (Å²) < 4.78 is 47.7. The van der Waals surface area contributed by atoms with Gasteiger partial charge in [-0.2, -0.15) is 23.4 Å². The summed E-state index contributed by atoms with van der Waals surface area (Å²) in [6.07, 6.45) is -2.82. The van der Waals surface area contributed by atoms with Crippen LogP contribution in [-0.4, -0.2) is 25.5 Å². The van der Waals surface area contributed by atoms with Crippen molar-refractivity contribution in [2.24, 2.45) is 0 Å². The van der Waals surface area contributed by atoms with Crippen LogP contribution in [0.3, 0.4) is 0 Å². The highest BCUT2D eigenvalue weighted by Crippen LogP contribution is 2.30. The highest BCUT2D eigenvalue weighted by Gasteiger charge is 2.30. The third-order valence-corrected chi connectivity index (χ3v) is 5.58. The number of hydrogen-bond acceptors (Lipinski definition) is 4. The molecule has 11 heteroatoms. The molecule has 0 bridgehead atoms. The van der Waals surface area contributed by atoms with Crippen LogP contribution in [0.4, 0.5) is 18.9 Å². The molecule has 2 aromatic carbocycles. The van der Waals surface area contributed by atoms with Crippen LogP contribution >= 0.6 is 11.6 Å². The molecule has 0 radical (unpaired) electrons. The number of hydrogen-bond donors (Lipinski definition) is 1. The van der Waals surface area contributed by atoms with Crippen molar-refractivity contribution in [3.63, 3.8) is 0 Å². The molecule has 2 heterocycles. The summed E-state index contributed by atoms with van der Waals surface area (Å²) in [6, 6.07) is 13.6. The summed E-state index contributed by atoms with van der Waals surface area (Å²) >= 11 is 6.07. The Balaban J connectivity index is 1.44. The predicted octanol–water partition coefficient (Wildman–Crippen LogP) is 5.71. The summed E-state index contributed by atoms with van der Waals surface area (Å²) in [7, 11) is 0. The average molecular weight is 504 g/mol. The van der Waals surface area contributed by atoms with E-state index in [2.05, 4.69) is 15.5 Å². The van der Waals surface area contributed by atoms with Crippen molar-refractivity contribution in [3.05, 3.63) is 94.0 Å². The Morgan fingerprint density at radius 1 is 1.09 bits per heavy atom. The van der Waals surface area contributed by atoms with Crippen LogP contribution in [0.25, 0.3) is 0 Å². The molecule has 0 saturated carbocycles. The lowest BCUT2D eigenvalue weighted by Gasteiger charge is -2.10. The fourth-order valence-electron chi connectivity index (χ4n) is 3.48. The Labute approximate surface area is 204 Å². The Morgan fingerprint density at radius 3 is 2.60 bits per heavy atom. The number of anilines is 1. The number of carbonyl (C=O) groups excluding carboxylic acids is 1. The molecule has 0 aliphatic heterocycles. The number of nitrogens with one attached hydrogen (secondary N) is 1. The van der Waals surface area contributed by atoms with Gasteiger partial charge in [-0.15, -0.1) is 0 Å². The van der Waals surface area contributed by atoms with Gasteiger partial charge >= 0.3 is 6.18 Å². The highest BCUT2D eigenvalue weighted by atomic mass is 35.5. The van der Waals surface area contributed by atoms with Gasteiger partial charge in [-0.1, -0.05) is 35.9 Å². The molecule has 0 fully saturated rings. The second-order valence-corrected chi connectivity index (χ2v) is 8.21. The van der Waals surface area contributed by atoms with Crippen molar-refractivity contribution in [1.82, 2.24) is 19.6 Å². The molecule has 0 unspecified atom stereocenters. The number of nitrogens with zero attached hydrogens (tertiary/aromatic N) is 4. The fraction of sp³-hybridized carbons (Fsp3) is 0.208. The molecule has 0 spiro atoms. The average Bonchev–Trinajstić information content (AvgIpc) is 3.39. The van der Waals surface area contributed by atoms with E-state index in [0.717, 1.165) is 12.1 Å². The molecule has 4 aromatic rings. The van der Waals surface area contributed by atoms with E-state index in [1.807, 2.05) is 0 Å². The van der Waals surface area contributed by atoms with Gasteiger partial charge in [-0.3, -0.25) is 9.48 Å². The Bertz CT molecular complexity index is 1360. The number of carbonyl (C=O) groups is 1. The third-order valence-electron chi connectivity index (χ3n) is 5.27. The summed E-state index contributed by atoms with van der Waals surface area (Å²) in [5, 5.41) is 11.9. The van der Waals surface area contributed by atoms with Gasteiger partial charge in [0.1, 0.15) is 5.75 Å². The maximum Gasteiger partial charge on any atom is 0.416 e. The van der Waals surface area contributed by atoms with Crippen LogP contribution in [0.5, 0.6) is 5.75 Å². The smallest absolute Gasteiger partial charge is 0.416 e. The standard InChI is InChI=1S/C24H21ClF3N5O2/c1-15-22(16(2)33(30-15)13-17-6-5-7-18(12-17)24(26,27)28)29-23(34)20-10-11-32(31-20)14-35-21-9-4-3-8-19(21)25/h3-12H,13-14H2,1-2H3,(H,29,34). The molecule has 0 saturated heterocycles. The van der Waals surface area contributed by atoms with E-state index in [4.69, 9.17) is 16.3 Å². The van der Waals surface area contributed by atoms with Crippen molar-refractivity contribution in [1.29, 1.82) is 0 Å². The Hall–Kier alpha value is -3.79. The van der Waals surface area contributed by atoms with Crippen LogP contribution in [0.15, 0.2) is 60.8 Å². The number of alkyl halides is 3. The van der Waals surface area contributed by atoms with Crippen molar-refractivity contribution < 1.29 is 22.7 Å². The van der Waals surface area contributed by atoms with E-state index < -0.39 is 17.6 Å². The molecule has 7 nitrogen and oxygen atoms in total. The SMILES string of the molecule is Cc1nn(Cc2cccc(C(F)(F)F)c2)c(C)c1NC(=O)c1ccn(COc2ccccc2Cl)n1. The number of benzene rings is 2. The van der Waals surface area contributed by atoms with Gasteiger partial charge < -0.3 is 10.1 Å². The minimum absolute atomic E-state index is 0.0595. The molecular weight excluding hydrogens is 483 g/mol. The first-order valence-corrected chi connectivity index (χ1v) is 10.9. The maximum atomic E-state index is 13.0. The molecule has 1 amide bonds. The topological polar surface area (TPSA) is 74.0 Å². The molecule has 182 valence electrons. The number of para-hydroxylation sites is 1. The highest BCUT2D eigenvalue weighted by molar-refractivity contribution is 6.32. The third kappa shape index (κ3) is 5.65. The summed E-state index contributed by atoms with van der Waals surface area (Å²) in [5.41, 5.74) is 1.50. The second kappa shape index (κ2) is 9.83. The number of aromatic nitrogens is 4. The lowest BCUT2D eigenvalue weighted by molar-refractivity contribution is -0.137. The molecule has 0 atom stereocenters. The van der Waals surface area contributed by atoms with E-state index in [-0.39, 0.29) is 19.0 Å². The van der Waals surface area contributed by atoms with Crippen molar-refractivity contribution >= 4 is 23.2 Å². The van der Waals surface area contributed by atoms with E-state index in [0.29, 0.717) is 33.4 Å². The lowest BCUT2D eigenvalue weighted by atomic mass is 10.1. The summed E-state index contributed by atoms with van der Waals surface area (Å²) in [5.74, 6) is 0.0430. The Morgan fingerprint density at radius 2 is 1.86 bits per heavy atom. The molecule has 2 aromatic heterocycles. The number of amides is 1. The van der Waals surface area contributed by atoms with Crippen LogP contribution in [0, 0.1) is 13.8 Å². The zero-order valence-electron chi connectivity index (χ0n) is 18.8. The van der Waals surface area contributed by atoms with Gasteiger partial charge in [0, 0.05) is 6.20 Å². The minimum atomic E-state index is -4.42. The minimum Gasteiger partial charge on any atom is -0.470 e. The monoisotopic (exact) mass is 503 g/mol. The largest absolute Gasteiger partial charge is 0.470 e. The first-order valence-electron chi connectivity index (χ1n) is 10.5. The second-order valence-electron chi connectivity index (χ2n) is 7.80. The zero-order chi connectivity index (χ0) is 25.2. The van der Waals surface area contributed by atoms with Crippen molar-refractivity contribution in [3.8, 4) is 5.75 Å². The molecule has 1 N–H and O–H groups in total. The first kappa shape index (κ1) is 24.3. The number of halogens is 4. The van der Waals surface area contributed by atoms with Gasteiger partial charge in [0.15, 0.2) is 12.4 Å². The van der Waals surface area contributed by atoms with E-state index in [9.17, 15) is 18.0 Å². The van der Waals surface area contributed by atoms with E-state index in [1.165, 1.54) is 10.7 Å². The molecule has 0 aliphatic carbocycles. The quantitative estimate of drug-likeness (QED) is 0.351. The van der Waals surface area contributed by atoms with Crippen LogP contribution in [-0.2, 0) is 19.5 Å². The molecule has 0 aliphatic rings. The summed E-state index contributed by atoms with van der Waals surface area (Å²) in [4.78, 5) is 12.8. The van der Waals surface area contributed by atoms with Gasteiger partial charge in [0.2, 0.25) is 0 Å². The van der Waals surface area contributed by atoms with Crippen LogP contribution < -0.4 is 10.1 Å². The maximum absolute atomic E-state index is 13.0. The normalized spacial score (nSPS) is 11.5. The molecule has 35 heavy (non-hydrogen) atoms. The number of aryl methyl sites for hydroxylation is 1. The van der Waals surface area contributed by atoms with Crippen molar-refractivity contribution in [2.75, 3.05) is 5.32 Å². The van der Waals surface area contributed by atoms with Gasteiger partial charge in [0.05, 0.1) is 34.2 Å². The van der Waals surface area contributed by atoms with Gasteiger partial charge in [0.25, 0.3) is 5.91 Å². The van der Waals surface area contributed by atoms with E-state index >= 15 is 0 Å². The van der Waals surface area contributed by atoms with E-state index in [1.54, 1.807) is 61.1 Å². The fourth-order valence-corrected chi connectivity index (χ4v) is 3.67. The lowest BCUT2D eigenvalue weighted by Crippen LogP contribution is -2.15. The number of ether oxygens (including phenoxy) is 1. The van der Waals surface area contributed by atoms with Gasteiger partial charge in [-0.25, -0.2) is 4.68 Å². The van der Waals surface area contributed by atoms with Crippen molar-refractivity contribution in [2.45, 2.75) is 33.3 Å². The predicted molar refractivity (Wildman–Crippen MR) is 125 cm³/mol. The van der Waals surface area contributed by atoms with Crippen LogP contribution in [0.1, 0.15) is 33.0 Å². The number of rotatable bonds is 7. The first-order chi connectivity index (χ1) is 16.6. The molecule has 4 rings (SSSR count). The van der Waals surface area contributed by atoms with Gasteiger partial charge in [-0.05, 0) is 49.7 Å². The van der Waals surface area contributed by atoms with Crippen LogP contribution in [0.2, 0.25) is 5.02 Å².